The first kappa shape index (κ1) is 16.4. The Morgan fingerprint density at radius 1 is 1.37 bits per heavy atom. The van der Waals surface area contributed by atoms with E-state index in [1.807, 2.05) is 0 Å². The van der Waals surface area contributed by atoms with E-state index in [0.29, 0.717) is 0 Å². The van der Waals surface area contributed by atoms with Gasteiger partial charge in [0.25, 0.3) is 5.56 Å². The molecule has 0 aromatic carbocycles. The van der Waals surface area contributed by atoms with Gasteiger partial charge >= 0.3 is 41.9 Å². The summed E-state index contributed by atoms with van der Waals surface area (Å²) in [6, 6.07) is 1.15. The number of rotatable bonds is 2. The predicted octanol–water partition coefficient (Wildman–Crippen LogP) is 1.68. The molecule has 0 bridgehead atoms. The molecule has 0 fully saturated rings. The number of nitrogens with one attached hydrogen (secondary N) is 1. The van der Waals surface area contributed by atoms with Crippen molar-refractivity contribution in [1.29, 1.82) is 0 Å². The van der Waals surface area contributed by atoms with Gasteiger partial charge in [-0.05, 0) is 6.07 Å². The summed E-state index contributed by atoms with van der Waals surface area (Å²) in [6.07, 6.45) is -2.91. The molecule has 0 unspecified atom stereocenters. The van der Waals surface area contributed by atoms with E-state index in [4.69, 9.17) is 11.6 Å². The van der Waals surface area contributed by atoms with Crippen LogP contribution >= 0.6 is 11.6 Å². The van der Waals surface area contributed by atoms with Gasteiger partial charge in [-0.15, -0.1) is 0 Å². The minimum absolute atomic E-state index is 0. The SMILES string of the molecule is O=c1[nH]c(C(F)(F)C(F)F)nc2ncc(Cl)cc12.[NaH]. The summed E-state index contributed by atoms with van der Waals surface area (Å²) < 4.78 is 50.3. The van der Waals surface area contributed by atoms with Gasteiger partial charge in [0.2, 0.25) is 0 Å². The third-order valence-corrected chi connectivity index (χ3v) is 2.32. The fraction of sp³-hybridized carbons (Fsp3) is 0.222. The van der Waals surface area contributed by atoms with E-state index in [-0.39, 0.29) is 45.6 Å². The Bertz CT molecular complexity index is 663. The summed E-state index contributed by atoms with van der Waals surface area (Å²) in [5.74, 6) is -5.97. The Kier molecular flexibility index (Phi) is 4.94. The first-order valence-corrected chi connectivity index (χ1v) is 4.92. The van der Waals surface area contributed by atoms with E-state index in [1.165, 1.54) is 0 Å². The Hall–Kier alpha value is -0.700. The molecule has 0 aliphatic rings. The number of fused-ring (bicyclic) bond motifs is 1. The van der Waals surface area contributed by atoms with E-state index < -0.39 is 23.7 Å². The Morgan fingerprint density at radius 2 is 2.00 bits per heavy atom. The summed E-state index contributed by atoms with van der Waals surface area (Å²) >= 11 is 5.56. The van der Waals surface area contributed by atoms with Crippen LogP contribution in [0.4, 0.5) is 17.6 Å². The van der Waals surface area contributed by atoms with Crippen molar-refractivity contribution in [3.05, 3.63) is 33.5 Å². The van der Waals surface area contributed by atoms with Crippen molar-refractivity contribution in [1.82, 2.24) is 15.0 Å². The zero-order valence-corrected chi connectivity index (χ0v) is 9.18. The van der Waals surface area contributed by atoms with Crippen LogP contribution in [0.15, 0.2) is 17.1 Å². The fourth-order valence-electron chi connectivity index (χ4n) is 1.26. The van der Waals surface area contributed by atoms with E-state index >= 15 is 0 Å². The number of hydrogen-bond acceptors (Lipinski definition) is 3. The van der Waals surface area contributed by atoms with E-state index in [1.54, 1.807) is 4.98 Å². The van der Waals surface area contributed by atoms with Gasteiger partial charge in [-0.25, -0.2) is 18.7 Å². The van der Waals surface area contributed by atoms with Gasteiger partial charge in [-0.3, -0.25) is 4.79 Å². The van der Waals surface area contributed by atoms with Gasteiger partial charge in [0.1, 0.15) is 0 Å². The molecule has 19 heavy (non-hydrogen) atoms. The Balaban J connectivity index is 0.00000180. The van der Waals surface area contributed by atoms with Crippen LogP contribution in [0.5, 0.6) is 0 Å². The average Bonchev–Trinajstić information content (AvgIpc) is 2.29. The number of nitrogens with zero attached hydrogens (tertiary/aromatic N) is 2. The van der Waals surface area contributed by atoms with E-state index in [9.17, 15) is 22.4 Å². The molecule has 0 radical (unpaired) electrons. The summed E-state index contributed by atoms with van der Waals surface area (Å²) in [6.45, 7) is 0. The molecule has 4 nitrogen and oxygen atoms in total. The Labute approximate surface area is 130 Å². The number of hydrogen-bond donors (Lipinski definition) is 1. The standard InChI is InChI=1S/C9H4ClF4N3O.Na.H/c10-3-1-4-5(15-2-3)16-8(17-6(4)18)9(13,14)7(11)12;;/h1-2,7H,(H,15,16,17,18);;. The Morgan fingerprint density at radius 3 is 2.58 bits per heavy atom. The maximum absolute atomic E-state index is 13.0. The number of H-pyrrole nitrogens is 1. The van der Waals surface area contributed by atoms with Crippen molar-refractivity contribution < 1.29 is 17.6 Å². The molecular weight excluding hydrogens is 301 g/mol. The maximum atomic E-state index is 13.0. The average molecular weight is 306 g/mol. The second-order valence-electron chi connectivity index (χ2n) is 3.36. The molecule has 0 saturated heterocycles. The van der Waals surface area contributed by atoms with Crippen LogP contribution in [0, 0.1) is 0 Å². The predicted molar refractivity (Wildman–Crippen MR) is 62.2 cm³/mol. The van der Waals surface area contributed by atoms with Gasteiger partial charge in [0, 0.05) is 6.20 Å². The van der Waals surface area contributed by atoms with Gasteiger partial charge < -0.3 is 4.98 Å². The number of aromatic nitrogens is 3. The van der Waals surface area contributed by atoms with Crippen LogP contribution in [-0.4, -0.2) is 50.9 Å². The third-order valence-electron chi connectivity index (χ3n) is 2.12. The van der Waals surface area contributed by atoms with Gasteiger partial charge in [-0.1, -0.05) is 11.6 Å². The number of halogens is 5. The third kappa shape index (κ3) is 3.07. The number of alkyl halides is 4. The van der Waals surface area contributed by atoms with Gasteiger partial charge in [0.05, 0.1) is 10.4 Å². The fourth-order valence-corrected chi connectivity index (χ4v) is 1.42. The topological polar surface area (TPSA) is 58.6 Å². The van der Waals surface area contributed by atoms with Crippen LogP contribution in [0.25, 0.3) is 11.0 Å². The summed E-state index contributed by atoms with van der Waals surface area (Å²) in [4.78, 5) is 19.8. The first-order chi connectivity index (χ1) is 8.32. The van der Waals surface area contributed by atoms with Crippen LogP contribution in [0.2, 0.25) is 5.02 Å². The number of aromatic amines is 1. The molecule has 2 heterocycles. The summed E-state index contributed by atoms with van der Waals surface area (Å²) in [7, 11) is 0. The minimum atomic E-state index is -4.55. The molecule has 0 amide bonds. The molecule has 0 aliphatic carbocycles. The quantitative estimate of drug-likeness (QED) is 0.678. The second kappa shape index (κ2) is 5.74. The summed E-state index contributed by atoms with van der Waals surface area (Å²) in [5.41, 5.74) is -1.39. The molecule has 2 aromatic rings. The molecule has 2 rings (SSSR count). The molecule has 2 aromatic heterocycles. The normalized spacial score (nSPS) is 11.7. The van der Waals surface area contributed by atoms with Gasteiger partial charge in [0.15, 0.2) is 11.5 Å². The van der Waals surface area contributed by atoms with Crippen molar-refractivity contribution in [2.24, 2.45) is 0 Å². The second-order valence-corrected chi connectivity index (χ2v) is 3.80. The molecule has 0 aliphatic heterocycles. The molecule has 0 spiro atoms. The van der Waals surface area contributed by atoms with E-state index in [2.05, 4.69) is 9.97 Å². The molecule has 0 saturated carbocycles. The molecule has 98 valence electrons. The van der Waals surface area contributed by atoms with Crippen molar-refractivity contribution in [2.75, 3.05) is 0 Å². The zero-order chi connectivity index (χ0) is 13.5. The van der Waals surface area contributed by atoms with Crippen molar-refractivity contribution >= 4 is 52.2 Å². The molecule has 0 atom stereocenters. The van der Waals surface area contributed by atoms with Gasteiger partial charge in [-0.2, -0.15) is 8.78 Å². The van der Waals surface area contributed by atoms with Crippen LogP contribution in [0.1, 0.15) is 5.82 Å². The van der Waals surface area contributed by atoms with Crippen LogP contribution in [-0.2, 0) is 5.92 Å². The van der Waals surface area contributed by atoms with Crippen molar-refractivity contribution in [2.45, 2.75) is 12.3 Å². The number of pyridine rings is 1. The van der Waals surface area contributed by atoms with Crippen molar-refractivity contribution in [3.63, 3.8) is 0 Å². The van der Waals surface area contributed by atoms with Crippen LogP contribution in [0.3, 0.4) is 0 Å². The molecular formula is C9H5ClF4N3NaO. The monoisotopic (exact) mass is 305 g/mol. The van der Waals surface area contributed by atoms with E-state index in [0.717, 1.165) is 12.3 Å². The van der Waals surface area contributed by atoms with Crippen LogP contribution < -0.4 is 5.56 Å². The summed E-state index contributed by atoms with van der Waals surface area (Å²) in [5, 5.41) is -0.0560. The van der Waals surface area contributed by atoms with Crippen molar-refractivity contribution in [3.8, 4) is 0 Å². The molecule has 1 N–H and O–H groups in total. The zero-order valence-electron chi connectivity index (χ0n) is 8.42. The molecule has 10 heteroatoms. The first-order valence-electron chi connectivity index (χ1n) is 4.54.